The standard InChI is InChI=1S/C14H20N2.C2H6/c1-4-16-11-12(9-10-15(2)3)13-7-5-6-8-14(13)16;1-2/h5-8,11H,4,9-10H2,1-3H3;1-2H3. The molecule has 0 spiro atoms. The van der Waals surface area contributed by atoms with E-state index in [-0.39, 0.29) is 0 Å². The van der Waals surface area contributed by atoms with Crippen LogP contribution in [0.3, 0.4) is 0 Å². The molecular formula is C16H26N2. The van der Waals surface area contributed by atoms with Crippen molar-refractivity contribution in [3.63, 3.8) is 0 Å². The van der Waals surface area contributed by atoms with Crippen molar-refractivity contribution in [3.05, 3.63) is 36.0 Å². The van der Waals surface area contributed by atoms with Crippen LogP contribution in [0.1, 0.15) is 26.3 Å². The molecule has 100 valence electrons. The van der Waals surface area contributed by atoms with Crippen LogP contribution in [0.4, 0.5) is 0 Å². The predicted molar refractivity (Wildman–Crippen MR) is 81.2 cm³/mol. The van der Waals surface area contributed by atoms with Gasteiger partial charge in [0, 0.05) is 30.2 Å². The van der Waals surface area contributed by atoms with E-state index in [4.69, 9.17) is 0 Å². The average molecular weight is 246 g/mol. The van der Waals surface area contributed by atoms with Crippen LogP contribution in [0.5, 0.6) is 0 Å². The molecular weight excluding hydrogens is 220 g/mol. The van der Waals surface area contributed by atoms with Gasteiger partial charge in [0.25, 0.3) is 0 Å². The molecule has 18 heavy (non-hydrogen) atoms. The first-order valence-electron chi connectivity index (χ1n) is 6.94. The van der Waals surface area contributed by atoms with Crippen molar-refractivity contribution in [3.8, 4) is 0 Å². The summed E-state index contributed by atoms with van der Waals surface area (Å²) in [7, 11) is 4.25. The molecule has 0 saturated carbocycles. The van der Waals surface area contributed by atoms with Crippen molar-refractivity contribution < 1.29 is 0 Å². The van der Waals surface area contributed by atoms with Crippen LogP contribution in [0.15, 0.2) is 30.5 Å². The fraction of sp³-hybridized carbons (Fsp3) is 0.500. The van der Waals surface area contributed by atoms with Crippen LogP contribution in [0.2, 0.25) is 0 Å². The van der Waals surface area contributed by atoms with E-state index in [1.807, 2.05) is 13.8 Å². The van der Waals surface area contributed by atoms with E-state index in [1.54, 1.807) is 0 Å². The molecule has 0 unspecified atom stereocenters. The van der Waals surface area contributed by atoms with Crippen molar-refractivity contribution in [2.24, 2.45) is 0 Å². The molecule has 0 atom stereocenters. The molecule has 0 bridgehead atoms. The third-order valence-electron chi connectivity index (χ3n) is 3.04. The lowest BCUT2D eigenvalue weighted by Crippen LogP contribution is -2.14. The van der Waals surface area contributed by atoms with Gasteiger partial charge in [-0.15, -0.1) is 0 Å². The van der Waals surface area contributed by atoms with Gasteiger partial charge >= 0.3 is 0 Å². The van der Waals surface area contributed by atoms with Gasteiger partial charge in [-0.05, 0) is 39.1 Å². The lowest BCUT2D eigenvalue weighted by molar-refractivity contribution is 0.414. The van der Waals surface area contributed by atoms with E-state index in [0.717, 1.165) is 19.5 Å². The summed E-state index contributed by atoms with van der Waals surface area (Å²) in [5.41, 5.74) is 2.82. The molecule has 1 aromatic carbocycles. The van der Waals surface area contributed by atoms with E-state index in [2.05, 4.69) is 60.9 Å². The minimum absolute atomic E-state index is 1.04. The lowest BCUT2D eigenvalue weighted by Gasteiger charge is -2.07. The molecule has 0 N–H and O–H groups in total. The summed E-state index contributed by atoms with van der Waals surface area (Å²) in [6.07, 6.45) is 3.43. The zero-order chi connectivity index (χ0) is 13.5. The maximum absolute atomic E-state index is 2.33. The molecule has 0 aliphatic carbocycles. The van der Waals surface area contributed by atoms with Crippen LogP contribution in [0, 0.1) is 0 Å². The molecule has 0 saturated heterocycles. The number of hydrogen-bond donors (Lipinski definition) is 0. The number of likely N-dealkylation sites (N-methyl/N-ethyl adjacent to an activating group) is 1. The maximum Gasteiger partial charge on any atom is 0.0483 e. The van der Waals surface area contributed by atoms with Gasteiger partial charge in [0.05, 0.1) is 0 Å². The molecule has 1 aromatic heterocycles. The van der Waals surface area contributed by atoms with E-state index >= 15 is 0 Å². The molecule has 0 radical (unpaired) electrons. The molecule has 0 amide bonds. The Kier molecular flexibility index (Phi) is 5.93. The fourth-order valence-corrected chi connectivity index (χ4v) is 2.13. The fourth-order valence-electron chi connectivity index (χ4n) is 2.13. The number of aromatic nitrogens is 1. The van der Waals surface area contributed by atoms with Gasteiger partial charge in [-0.3, -0.25) is 0 Å². The number of fused-ring (bicyclic) bond motifs is 1. The molecule has 0 fully saturated rings. The number of para-hydroxylation sites is 1. The van der Waals surface area contributed by atoms with Crippen molar-refractivity contribution in [1.82, 2.24) is 9.47 Å². The number of hydrogen-bond acceptors (Lipinski definition) is 1. The summed E-state index contributed by atoms with van der Waals surface area (Å²) in [5, 5.41) is 1.41. The quantitative estimate of drug-likeness (QED) is 0.797. The van der Waals surface area contributed by atoms with Crippen molar-refractivity contribution >= 4 is 10.9 Å². The highest BCUT2D eigenvalue weighted by atomic mass is 15.0. The topological polar surface area (TPSA) is 8.17 Å². The average Bonchev–Trinajstić information content (AvgIpc) is 2.77. The smallest absolute Gasteiger partial charge is 0.0483 e. The van der Waals surface area contributed by atoms with E-state index in [1.165, 1.54) is 16.5 Å². The van der Waals surface area contributed by atoms with Crippen molar-refractivity contribution in [2.75, 3.05) is 20.6 Å². The Morgan fingerprint density at radius 2 is 1.78 bits per heavy atom. The summed E-state index contributed by atoms with van der Waals surface area (Å²) < 4.78 is 2.33. The first-order valence-corrected chi connectivity index (χ1v) is 6.94. The highest BCUT2D eigenvalue weighted by Gasteiger charge is 2.06. The normalized spacial score (nSPS) is 10.6. The first kappa shape index (κ1) is 14.8. The highest BCUT2D eigenvalue weighted by Crippen LogP contribution is 2.21. The van der Waals surface area contributed by atoms with Crippen molar-refractivity contribution in [2.45, 2.75) is 33.7 Å². The number of aryl methyl sites for hydroxylation is 1. The summed E-state index contributed by atoms with van der Waals surface area (Å²) in [6.45, 7) is 8.35. The molecule has 2 rings (SSSR count). The Balaban J connectivity index is 0.000000771. The van der Waals surface area contributed by atoms with Crippen LogP contribution < -0.4 is 0 Å². The Morgan fingerprint density at radius 3 is 2.39 bits per heavy atom. The Morgan fingerprint density at radius 1 is 1.11 bits per heavy atom. The zero-order valence-electron chi connectivity index (χ0n) is 12.4. The molecule has 2 heteroatoms. The lowest BCUT2D eigenvalue weighted by atomic mass is 10.1. The maximum atomic E-state index is 2.33. The van der Waals surface area contributed by atoms with Gasteiger partial charge in [-0.1, -0.05) is 32.0 Å². The Hall–Kier alpha value is -1.28. The minimum atomic E-state index is 1.04. The number of rotatable bonds is 4. The molecule has 0 aliphatic rings. The van der Waals surface area contributed by atoms with E-state index in [9.17, 15) is 0 Å². The van der Waals surface area contributed by atoms with Crippen LogP contribution in [-0.2, 0) is 13.0 Å². The largest absolute Gasteiger partial charge is 0.347 e. The summed E-state index contributed by atoms with van der Waals surface area (Å²) in [6, 6.07) is 8.68. The second-order valence-corrected chi connectivity index (χ2v) is 4.51. The van der Waals surface area contributed by atoms with Crippen LogP contribution in [0.25, 0.3) is 10.9 Å². The van der Waals surface area contributed by atoms with E-state index in [0.29, 0.717) is 0 Å². The zero-order valence-corrected chi connectivity index (χ0v) is 12.4. The molecule has 1 heterocycles. The third kappa shape index (κ3) is 3.36. The monoisotopic (exact) mass is 246 g/mol. The Labute approximate surface area is 111 Å². The molecule has 0 aliphatic heterocycles. The van der Waals surface area contributed by atoms with Gasteiger partial charge in [0.1, 0.15) is 0 Å². The highest BCUT2D eigenvalue weighted by molar-refractivity contribution is 5.83. The second-order valence-electron chi connectivity index (χ2n) is 4.51. The third-order valence-corrected chi connectivity index (χ3v) is 3.04. The van der Waals surface area contributed by atoms with E-state index < -0.39 is 0 Å². The first-order chi connectivity index (χ1) is 8.72. The van der Waals surface area contributed by atoms with Gasteiger partial charge in [0.15, 0.2) is 0 Å². The SMILES string of the molecule is CC.CCn1cc(CCN(C)C)c2ccccc21. The Bertz CT molecular complexity index is 469. The van der Waals surface area contributed by atoms with Gasteiger partial charge in [-0.25, -0.2) is 0 Å². The number of nitrogens with zero attached hydrogens (tertiary/aromatic N) is 2. The minimum Gasteiger partial charge on any atom is -0.347 e. The number of benzene rings is 1. The van der Waals surface area contributed by atoms with Gasteiger partial charge in [0.2, 0.25) is 0 Å². The van der Waals surface area contributed by atoms with Gasteiger partial charge < -0.3 is 9.47 Å². The van der Waals surface area contributed by atoms with Gasteiger partial charge in [-0.2, -0.15) is 0 Å². The second kappa shape index (κ2) is 7.22. The predicted octanol–water partition coefficient (Wildman–Crippen LogP) is 3.79. The summed E-state index contributed by atoms with van der Waals surface area (Å²) >= 11 is 0. The van der Waals surface area contributed by atoms with Crippen LogP contribution >= 0.6 is 0 Å². The summed E-state index contributed by atoms with van der Waals surface area (Å²) in [4.78, 5) is 2.23. The van der Waals surface area contributed by atoms with Crippen molar-refractivity contribution in [1.29, 1.82) is 0 Å². The molecule has 2 nitrogen and oxygen atoms in total. The molecule has 2 aromatic rings. The van der Waals surface area contributed by atoms with Crippen LogP contribution in [-0.4, -0.2) is 30.1 Å². The summed E-state index contributed by atoms with van der Waals surface area (Å²) in [5.74, 6) is 0.